The predicted molar refractivity (Wildman–Crippen MR) is 112 cm³/mol. The van der Waals surface area contributed by atoms with Crippen LogP contribution in [0, 0.1) is 0 Å². The Hall–Kier alpha value is -3.16. The number of imide groups is 1. The van der Waals surface area contributed by atoms with E-state index in [2.05, 4.69) is 15.5 Å². The Morgan fingerprint density at radius 2 is 1.67 bits per heavy atom. The molecule has 0 radical (unpaired) electrons. The number of hydrogen-bond acceptors (Lipinski definition) is 9. The summed E-state index contributed by atoms with van der Waals surface area (Å²) in [5.74, 6) is -1.22. The number of rotatable bonds is 6. The van der Waals surface area contributed by atoms with Crippen LogP contribution in [0.4, 0.5) is 6.01 Å². The fourth-order valence-corrected chi connectivity index (χ4v) is 5.32. The molecule has 2 unspecified atom stereocenters. The van der Waals surface area contributed by atoms with Gasteiger partial charge in [0.15, 0.2) is 0 Å². The Balaban J connectivity index is 1.40. The van der Waals surface area contributed by atoms with Crippen molar-refractivity contribution in [3.05, 3.63) is 35.7 Å². The van der Waals surface area contributed by atoms with E-state index >= 15 is 0 Å². The molecule has 2 aliphatic rings. The Morgan fingerprint density at radius 1 is 1.06 bits per heavy atom. The van der Waals surface area contributed by atoms with E-state index < -0.39 is 15.9 Å². The van der Waals surface area contributed by atoms with E-state index in [4.69, 9.17) is 9.15 Å². The highest BCUT2D eigenvalue weighted by Crippen LogP contribution is 2.22. The van der Waals surface area contributed by atoms with Gasteiger partial charge >= 0.3 is 6.01 Å². The molecule has 4 rings (SSSR count). The number of ether oxygens (including phenoxy) is 1. The van der Waals surface area contributed by atoms with Gasteiger partial charge in [-0.05, 0) is 38.1 Å². The molecule has 12 nitrogen and oxygen atoms in total. The lowest BCUT2D eigenvalue weighted by Gasteiger charge is -2.34. The standard InChI is InChI=1S/C20H23N5O7S/c1-12-9-24(10-13(2)31-12)33(29,30)15-5-3-14(4-6-15)19(28)21-20-23-22-16(32-20)11-25-17(26)7-8-18(25)27/h3-6,12-13H,7-11H2,1-2H3,(H,21,23,28). The van der Waals surface area contributed by atoms with Crippen LogP contribution in [-0.4, -0.2) is 70.8 Å². The van der Waals surface area contributed by atoms with E-state index in [9.17, 15) is 22.8 Å². The number of likely N-dealkylation sites (tertiary alicyclic amines) is 1. The minimum atomic E-state index is -3.73. The largest absolute Gasteiger partial charge is 0.406 e. The smallest absolute Gasteiger partial charge is 0.322 e. The van der Waals surface area contributed by atoms with Crippen molar-refractivity contribution in [3.8, 4) is 0 Å². The van der Waals surface area contributed by atoms with Gasteiger partial charge in [0.2, 0.25) is 27.7 Å². The fourth-order valence-electron chi connectivity index (χ4n) is 3.73. The maximum atomic E-state index is 12.9. The molecule has 2 aliphatic heterocycles. The van der Waals surface area contributed by atoms with E-state index in [0.717, 1.165) is 4.90 Å². The van der Waals surface area contributed by atoms with Crippen molar-refractivity contribution in [2.45, 2.75) is 50.3 Å². The highest BCUT2D eigenvalue weighted by Gasteiger charge is 2.32. The monoisotopic (exact) mass is 477 g/mol. The van der Waals surface area contributed by atoms with Crippen LogP contribution in [0.1, 0.15) is 42.9 Å². The number of carbonyl (C=O) groups is 3. The van der Waals surface area contributed by atoms with E-state index in [1.165, 1.54) is 28.6 Å². The van der Waals surface area contributed by atoms with Gasteiger partial charge in [0.25, 0.3) is 5.91 Å². The Morgan fingerprint density at radius 3 is 2.27 bits per heavy atom. The summed E-state index contributed by atoms with van der Waals surface area (Å²) in [5, 5.41) is 9.84. The Bertz CT molecular complexity index is 1150. The maximum Gasteiger partial charge on any atom is 0.322 e. The molecule has 1 aromatic carbocycles. The summed E-state index contributed by atoms with van der Waals surface area (Å²) in [6.45, 7) is 3.97. The molecule has 2 atom stereocenters. The first-order chi connectivity index (χ1) is 15.6. The number of sulfonamides is 1. The molecular weight excluding hydrogens is 454 g/mol. The van der Waals surface area contributed by atoms with E-state index in [1.807, 2.05) is 13.8 Å². The molecule has 0 bridgehead atoms. The van der Waals surface area contributed by atoms with Crippen molar-refractivity contribution in [1.82, 2.24) is 19.4 Å². The average molecular weight is 477 g/mol. The minimum Gasteiger partial charge on any atom is -0.406 e. The third-order valence-corrected chi connectivity index (χ3v) is 7.12. The number of morpholine rings is 1. The lowest BCUT2D eigenvalue weighted by molar-refractivity contribution is -0.139. The van der Waals surface area contributed by atoms with Crippen LogP contribution in [0.5, 0.6) is 0 Å². The quantitative estimate of drug-likeness (QED) is 0.595. The van der Waals surface area contributed by atoms with Gasteiger partial charge in [0.05, 0.1) is 17.1 Å². The lowest BCUT2D eigenvalue weighted by Crippen LogP contribution is -2.48. The van der Waals surface area contributed by atoms with Crippen LogP contribution < -0.4 is 5.32 Å². The van der Waals surface area contributed by atoms with Gasteiger partial charge in [-0.1, -0.05) is 5.10 Å². The molecule has 1 N–H and O–H groups in total. The van der Waals surface area contributed by atoms with Crippen LogP contribution in [0.25, 0.3) is 0 Å². The summed E-state index contributed by atoms with van der Waals surface area (Å²) >= 11 is 0. The third kappa shape index (κ3) is 4.94. The zero-order chi connectivity index (χ0) is 23.8. The highest BCUT2D eigenvalue weighted by atomic mass is 32.2. The van der Waals surface area contributed by atoms with Crippen LogP contribution >= 0.6 is 0 Å². The Labute approximate surface area is 189 Å². The second kappa shape index (κ2) is 9.00. The van der Waals surface area contributed by atoms with Crippen LogP contribution in [0.3, 0.4) is 0 Å². The zero-order valence-corrected chi connectivity index (χ0v) is 18.9. The van der Waals surface area contributed by atoms with Gasteiger partial charge in [-0.2, -0.15) is 4.31 Å². The number of nitrogens with zero attached hydrogens (tertiary/aromatic N) is 4. The van der Waals surface area contributed by atoms with Crippen LogP contribution in [0.2, 0.25) is 0 Å². The van der Waals surface area contributed by atoms with Gasteiger partial charge in [-0.15, -0.1) is 5.10 Å². The summed E-state index contributed by atoms with van der Waals surface area (Å²) in [6.07, 6.45) is -0.137. The predicted octanol–water partition coefficient (Wildman–Crippen LogP) is 0.769. The number of aromatic nitrogens is 2. The SMILES string of the molecule is CC1CN(S(=O)(=O)c2ccc(C(=O)Nc3nnc(CN4C(=O)CCC4=O)o3)cc2)CC(C)O1. The molecule has 33 heavy (non-hydrogen) atoms. The number of benzene rings is 1. The number of anilines is 1. The van der Waals surface area contributed by atoms with Crippen molar-refractivity contribution in [1.29, 1.82) is 0 Å². The second-order valence-electron chi connectivity index (χ2n) is 7.93. The first-order valence-electron chi connectivity index (χ1n) is 10.4. The molecule has 0 saturated carbocycles. The number of nitrogens with one attached hydrogen (secondary N) is 1. The molecule has 2 aromatic rings. The van der Waals surface area contributed by atoms with Gasteiger partial charge in [-0.25, -0.2) is 8.42 Å². The van der Waals surface area contributed by atoms with E-state index in [-0.39, 0.29) is 78.9 Å². The summed E-state index contributed by atoms with van der Waals surface area (Å²) < 4.78 is 38.1. The molecule has 13 heteroatoms. The Kier molecular flexibility index (Phi) is 6.28. The van der Waals surface area contributed by atoms with Crippen LogP contribution in [-0.2, 0) is 30.9 Å². The second-order valence-corrected chi connectivity index (χ2v) is 9.87. The molecule has 0 spiro atoms. The lowest BCUT2D eigenvalue weighted by atomic mass is 10.2. The van der Waals surface area contributed by atoms with Gasteiger partial charge in [0.1, 0.15) is 6.54 Å². The van der Waals surface area contributed by atoms with Gasteiger partial charge < -0.3 is 9.15 Å². The molecule has 1 aromatic heterocycles. The maximum absolute atomic E-state index is 12.9. The molecule has 0 aliphatic carbocycles. The zero-order valence-electron chi connectivity index (χ0n) is 18.1. The fraction of sp³-hybridized carbons (Fsp3) is 0.450. The molecule has 2 saturated heterocycles. The van der Waals surface area contributed by atoms with E-state index in [1.54, 1.807) is 0 Å². The molecular formula is C20H23N5O7S. The summed E-state index contributed by atoms with van der Waals surface area (Å²) in [6, 6.07) is 5.28. The number of amides is 3. The summed E-state index contributed by atoms with van der Waals surface area (Å²) in [7, 11) is -3.73. The first-order valence-corrected chi connectivity index (χ1v) is 11.8. The van der Waals surface area contributed by atoms with Crippen molar-refractivity contribution in [2.75, 3.05) is 18.4 Å². The molecule has 3 amide bonds. The summed E-state index contributed by atoms with van der Waals surface area (Å²) in [4.78, 5) is 36.9. The number of carbonyl (C=O) groups excluding carboxylic acids is 3. The first kappa shape index (κ1) is 23.0. The average Bonchev–Trinajstić information content (AvgIpc) is 3.34. The van der Waals surface area contributed by atoms with Crippen molar-refractivity contribution in [2.24, 2.45) is 0 Å². The minimum absolute atomic E-state index is 0.00399. The molecule has 176 valence electrons. The van der Waals surface area contributed by atoms with Crippen molar-refractivity contribution >= 4 is 33.8 Å². The van der Waals surface area contributed by atoms with Crippen molar-refractivity contribution < 1.29 is 32.0 Å². The van der Waals surface area contributed by atoms with Crippen molar-refractivity contribution in [3.63, 3.8) is 0 Å². The highest BCUT2D eigenvalue weighted by molar-refractivity contribution is 7.89. The normalized spacial score (nSPS) is 22.1. The summed E-state index contributed by atoms with van der Waals surface area (Å²) in [5.41, 5.74) is 0.183. The van der Waals surface area contributed by atoms with Gasteiger partial charge in [0, 0.05) is 31.5 Å². The number of hydrogen-bond donors (Lipinski definition) is 1. The third-order valence-electron chi connectivity index (χ3n) is 5.28. The molecule has 2 fully saturated rings. The topological polar surface area (TPSA) is 152 Å². The molecule has 3 heterocycles. The van der Waals surface area contributed by atoms with Crippen LogP contribution in [0.15, 0.2) is 33.6 Å². The van der Waals surface area contributed by atoms with E-state index in [0.29, 0.717) is 0 Å². The van der Waals surface area contributed by atoms with Gasteiger partial charge in [-0.3, -0.25) is 24.6 Å².